The Bertz CT molecular complexity index is 133. The Hall–Kier alpha value is -0.770. The lowest BCUT2D eigenvalue weighted by Crippen LogP contribution is -2.46. The third kappa shape index (κ3) is 1.60. The molecule has 1 unspecified atom stereocenters. The summed E-state index contributed by atoms with van der Waals surface area (Å²) in [5.74, 6) is 0. The zero-order valence-corrected chi connectivity index (χ0v) is 5.83. The van der Waals surface area contributed by atoms with Crippen LogP contribution in [0, 0.1) is 0 Å². The topological polar surface area (TPSA) is 58.6 Å². The van der Waals surface area contributed by atoms with Crippen molar-refractivity contribution in [3.63, 3.8) is 0 Å². The molecule has 0 bridgehead atoms. The van der Waals surface area contributed by atoms with Gasteiger partial charge in [0.1, 0.15) is 0 Å². The molecule has 1 saturated heterocycles. The number of nitrogens with one attached hydrogen (secondary N) is 1. The van der Waals surface area contributed by atoms with Gasteiger partial charge in [0.25, 0.3) is 0 Å². The summed E-state index contributed by atoms with van der Waals surface area (Å²) in [6.07, 6.45) is 0.0700. The quantitative estimate of drug-likeness (QED) is 0.592. The van der Waals surface area contributed by atoms with Gasteiger partial charge in [-0.05, 0) is 13.3 Å². The Balaban J connectivity index is 2.19. The molecular weight excluding hydrogens is 134 g/mol. The van der Waals surface area contributed by atoms with Gasteiger partial charge in [0, 0.05) is 6.61 Å². The first-order valence-electron chi connectivity index (χ1n) is 3.31. The first-order chi connectivity index (χ1) is 4.70. The van der Waals surface area contributed by atoms with Crippen molar-refractivity contribution in [1.82, 2.24) is 5.32 Å². The molecule has 0 aromatic heterocycles. The standard InChI is InChI=1S/C6H11NO3/c1-4(7-6(8)9)5-2-3-10-5/h4-5,7H,2-3H2,1H3,(H,8,9)/t4-,5?/m0/s1. The molecule has 58 valence electrons. The molecule has 1 aliphatic rings. The second-order valence-electron chi connectivity index (χ2n) is 2.44. The van der Waals surface area contributed by atoms with Crippen LogP contribution < -0.4 is 5.32 Å². The van der Waals surface area contributed by atoms with E-state index >= 15 is 0 Å². The SMILES string of the molecule is C[C@H](NC(=O)O)C1CCO1. The average Bonchev–Trinajstić information content (AvgIpc) is 1.55. The van der Waals surface area contributed by atoms with Crippen molar-refractivity contribution in [3.8, 4) is 0 Å². The van der Waals surface area contributed by atoms with Crippen molar-refractivity contribution in [2.24, 2.45) is 0 Å². The summed E-state index contributed by atoms with van der Waals surface area (Å²) in [5, 5.41) is 10.6. The van der Waals surface area contributed by atoms with E-state index in [-0.39, 0.29) is 12.1 Å². The van der Waals surface area contributed by atoms with Gasteiger partial charge in [-0.15, -0.1) is 0 Å². The Morgan fingerprint density at radius 1 is 1.90 bits per heavy atom. The first kappa shape index (κ1) is 7.34. The van der Waals surface area contributed by atoms with Crippen molar-refractivity contribution in [2.45, 2.75) is 25.5 Å². The Labute approximate surface area is 59.2 Å². The Kier molecular flexibility index (Phi) is 2.11. The molecule has 0 aliphatic carbocycles. The van der Waals surface area contributed by atoms with E-state index in [9.17, 15) is 4.79 Å². The Morgan fingerprint density at radius 3 is 2.80 bits per heavy atom. The molecule has 4 nitrogen and oxygen atoms in total. The molecular formula is C6H11NO3. The van der Waals surface area contributed by atoms with E-state index in [0.717, 1.165) is 13.0 Å². The highest BCUT2D eigenvalue weighted by molar-refractivity contribution is 5.64. The third-order valence-electron chi connectivity index (χ3n) is 1.64. The number of hydrogen-bond acceptors (Lipinski definition) is 2. The molecule has 1 heterocycles. The number of carboxylic acid groups (broad SMARTS) is 1. The molecule has 0 aromatic rings. The fraction of sp³-hybridized carbons (Fsp3) is 0.833. The molecule has 0 aromatic carbocycles. The normalized spacial score (nSPS) is 26.7. The highest BCUT2D eigenvalue weighted by atomic mass is 16.5. The molecule has 1 aliphatic heterocycles. The van der Waals surface area contributed by atoms with Gasteiger partial charge < -0.3 is 15.2 Å². The zero-order chi connectivity index (χ0) is 7.56. The van der Waals surface area contributed by atoms with Crippen LogP contribution in [0.2, 0.25) is 0 Å². The second-order valence-corrected chi connectivity index (χ2v) is 2.44. The summed E-state index contributed by atoms with van der Waals surface area (Å²) in [6.45, 7) is 2.56. The Morgan fingerprint density at radius 2 is 2.50 bits per heavy atom. The van der Waals surface area contributed by atoms with Crippen LogP contribution in [-0.2, 0) is 4.74 Å². The van der Waals surface area contributed by atoms with Gasteiger partial charge >= 0.3 is 6.09 Å². The number of hydrogen-bond donors (Lipinski definition) is 2. The lowest BCUT2D eigenvalue weighted by molar-refractivity contribution is -0.0665. The maximum Gasteiger partial charge on any atom is 0.404 e. The van der Waals surface area contributed by atoms with E-state index in [0.29, 0.717) is 0 Å². The van der Waals surface area contributed by atoms with E-state index < -0.39 is 6.09 Å². The van der Waals surface area contributed by atoms with Crippen LogP contribution in [-0.4, -0.2) is 30.0 Å². The van der Waals surface area contributed by atoms with Crippen LogP contribution in [0.5, 0.6) is 0 Å². The molecule has 2 N–H and O–H groups in total. The number of rotatable bonds is 2. The molecule has 1 amide bonds. The van der Waals surface area contributed by atoms with Crippen LogP contribution in [0.1, 0.15) is 13.3 Å². The third-order valence-corrected chi connectivity index (χ3v) is 1.64. The summed E-state index contributed by atoms with van der Waals surface area (Å²) < 4.78 is 5.07. The predicted molar refractivity (Wildman–Crippen MR) is 35.0 cm³/mol. The summed E-state index contributed by atoms with van der Waals surface area (Å²) in [4.78, 5) is 10.1. The van der Waals surface area contributed by atoms with Crippen molar-refractivity contribution in [2.75, 3.05) is 6.61 Å². The molecule has 0 saturated carbocycles. The summed E-state index contributed by atoms with van der Waals surface area (Å²) >= 11 is 0. The van der Waals surface area contributed by atoms with Crippen molar-refractivity contribution in [1.29, 1.82) is 0 Å². The minimum atomic E-state index is -0.983. The monoisotopic (exact) mass is 145 g/mol. The van der Waals surface area contributed by atoms with Gasteiger partial charge in [0.2, 0.25) is 0 Å². The maximum absolute atomic E-state index is 10.1. The van der Waals surface area contributed by atoms with Gasteiger partial charge in [-0.2, -0.15) is 0 Å². The zero-order valence-electron chi connectivity index (χ0n) is 5.83. The largest absolute Gasteiger partial charge is 0.465 e. The second kappa shape index (κ2) is 2.88. The number of ether oxygens (including phenoxy) is 1. The van der Waals surface area contributed by atoms with E-state index in [1.54, 1.807) is 6.92 Å². The first-order valence-corrected chi connectivity index (χ1v) is 3.31. The summed E-state index contributed by atoms with van der Waals surface area (Å²) in [7, 11) is 0. The van der Waals surface area contributed by atoms with Gasteiger partial charge in [-0.3, -0.25) is 0 Å². The molecule has 4 heteroatoms. The maximum atomic E-state index is 10.1. The van der Waals surface area contributed by atoms with Crippen molar-refractivity contribution < 1.29 is 14.6 Å². The average molecular weight is 145 g/mol. The van der Waals surface area contributed by atoms with Crippen LogP contribution >= 0.6 is 0 Å². The smallest absolute Gasteiger partial charge is 0.404 e. The van der Waals surface area contributed by atoms with Crippen LogP contribution in [0.4, 0.5) is 4.79 Å². The molecule has 0 radical (unpaired) electrons. The molecule has 1 rings (SSSR count). The van der Waals surface area contributed by atoms with Gasteiger partial charge in [0.05, 0.1) is 12.1 Å². The molecule has 2 atom stereocenters. The lowest BCUT2D eigenvalue weighted by atomic mass is 10.1. The molecule has 1 fully saturated rings. The number of amides is 1. The predicted octanol–water partition coefficient (Wildman–Crippen LogP) is 0.431. The van der Waals surface area contributed by atoms with Gasteiger partial charge in [-0.1, -0.05) is 0 Å². The summed E-state index contributed by atoms with van der Waals surface area (Å²) in [6, 6.07) is -0.0775. The van der Waals surface area contributed by atoms with Crippen LogP contribution in [0.25, 0.3) is 0 Å². The fourth-order valence-electron chi connectivity index (χ4n) is 0.936. The minimum absolute atomic E-state index is 0.0775. The van der Waals surface area contributed by atoms with Gasteiger partial charge in [-0.25, -0.2) is 4.79 Å². The highest BCUT2D eigenvalue weighted by Gasteiger charge is 2.25. The summed E-state index contributed by atoms with van der Waals surface area (Å²) in [5.41, 5.74) is 0. The van der Waals surface area contributed by atoms with Crippen LogP contribution in [0.3, 0.4) is 0 Å². The van der Waals surface area contributed by atoms with Crippen molar-refractivity contribution in [3.05, 3.63) is 0 Å². The van der Waals surface area contributed by atoms with Crippen molar-refractivity contribution >= 4 is 6.09 Å². The highest BCUT2D eigenvalue weighted by Crippen LogP contribution is 2.14. The van der Waals surface area contributed by atoms with Gasteiger partial charge in [0.15, 0.2) is 0 Å². The molecule has 0 spiro atoms. The number of carbonyl (C=O) groups is 1. The lowest BCUT2D eigenvalue weighted by Gasteiger charge is -2.31. The van der Waals surface area contributed by atoms with E-state index in [1.807, 2.05) is 0 Å². The van der Waals surface area contributed by atoms with E-state index in [1.165, 1.54) is 0 Å². The molecule has 10 heavy (non-hydrogen) atoms. The minimum Gasteiger partial charge on any atom is -0.465 e. The fourth-order valence-corrected chi connectivity index (χ4v) is 0.936. The van der Waals surface area contributed by atoms with E-state index in [2.05, 4.69) is 5.32 Å². The van der Waals surface area contributed by atoms with E-state index in [4.69, 9.17) is 9.84 Å². The van der Waals surface area contributed by atoms with Crippen LogP contribution in [0.15, 0.2) is 0 Å².